The molecular weight excluding hydrogens is 489 g/mol. The average Bonchev–Trinajstić information content (AvgIpc) is 3.46. The lowest BCUT2D eigenvalue weighted by molar-refractivity contribution is -0.145. The van der Waals surface area contributed by atoms with E-state index >= 15 is 0 Å². The zero-order valence-corrected chi connectivity index (χ0v) is 21.9. The number of carbonyl (C=O) groups is 2. The summed E-state index contributed by atoms with van der Waals surface area (Å²) >= 11 is 6.77. The minimum absolute atomic E-state index is 0.0873. The fraction of sp³-hybridized carbons (Fsp3) is 0.308. The Morgan fingerprint density at radius 3 is 2.42 bits per heavy atom. The molecule has 0 saturated heterocycles. The smallest absolute Gasteiger partial charge is 0.322 e. The van der Waals surface area contributed by atoms with Crippen molar-refractivity contribution in [3.8, 4) is 0 Å². The normalized spacial score (nSPS) is 15.8. The fourth-order valence-corrected chi connectivity index (χ4v) is 9.89. The summed E-state index contributed by atoms with van der Waals surface area (Å²) in [6.45, 7) is 5.97. The fourth-order valence-electron chi connectivity index (χ4n) is 4.18. The van der Waals surface area contributed by atoms with Crippen molar-refractivity contribution in [3.63, 3.8) is 0 Å². The van der Waals surface area contributed by atoms with Gasteiger partial charge in [0.25, 0.3) is 0 Å². The van der Waals surface area contributed by atoms with E-state index in [9.17, 15) is 9.59 Å². The van der Waals surface area contributed by atoms with Crippen LogP contribution in [-0.4, -0.2) is 28.9 Å². The highest BCUT2D eigenvalue weighted by atomic mass is 32.2. The number of carbonyl (C=O) groups excluding carboxylic acids is 2. The molecule has 0 fully saturated rings. The van der Waals surface area contributed by atoms with Gasteiger partial charge in [0.2, 0.25) is 0 Å². The molecule has 4 aromatic rings. The van der Waals surface area contributed by atoms with Gasteiger partial charge in [-0.3, -0.25) is 9.59 Å². The minimum Gasteiger partial charge on any atom is -0.465 e. The molecule has 5 rings (SSSR count). The molecule has 170 valence electrons. The van der Waals surface area contributed by atoms with Gasteiger partial charge in [0, 0.05) is 21.6 Å². The highest BCUT2D eigenvalue weighted by molar-refractivity contribution is 8.03. The molecule has 0 spiro atoms. The summed E-state index contributed by atoms with van der Waals surface area (Å²) in [5.41, 5.74) is 2.26. The van der Waals surface area contributed by atoms with E-state index in [0.717, 1.165) is 25.6 Å². The number of benzene rings is 2. The van der Waals surface area contributed by atoms with E-state index in [0.29, 0.717) is 13.0 Å². The number of thioether (sulfide) groups is 2. The van der Waals surface area contributed by atoms with E-state index in [-0.39, 0.29) is 17.7 Å². The maximum Gasteiger partial charge on any atom is 0.322 e. The number of fused-ring (bicyclic) bond motifs is 4. The van der Waals surface area contributed by atoms with Crippen LogP contribution in [0.25, 0.3) is 20.2 Å². The van der Waals surface area contributed by atoms with E-state index in [1.165, 1.54) is 31.6 Å². The van der Waals surface area contributed by atoms with Gasteiger partial charge in [0.05, 0.1) is 20.9 Å². The van der Waals surface area contributed by atoms with Crippen LogP contribution in [0.1, 0.15) is 37.8 Å². The second-order valence-electron chi connectivity index (χ2n) is 8.50. The molecule has 0 amide bonds. The molecule has 0 radical (unpaired) electrons. The predicted molar refractivity (Wildman–Crippen MR) is 142 cm³/mol. The molecule has 7 heteroatoms. The second-order valence-corrected chi connectivity index (χ2v) is 13.8. The first kappa shape index (κ1) is 23.0. The molecule has 3 nitrogen and oxygen atoms in total. The summed E-state index contributed by atoms with van der Waals surface area (Å²) in [6, 6.07) is 16.6. The number of rotatable bonds is 7. The Morgan fingerprint density at radius 1 is 1.03 bits per heavy atom. The molecule has 2 aromatic heterocycles. The van der Waals surface area contributed by atoms with Gasteiger partial charge in [-0.05, 0) is 54.8 Å². The Balaban J connectivity index is 1.49. The van der Waals surface area contributed by atoms with E-state index < -0.39 is 4.75 Å². The number of thiophene rings is 2. The number of hydrogen-bond acceptors (Lipinski definition) is 7. The largest absolute Gasteiger partial charge is 0.465 e. The first-order valence-corrected chi connectivity index (χ1v) is 14.4. The third kappa shape index (κ3) is 4.25. The summed E-state index contributed by atoms with van der Waals surface area (Å²) in [4.78, 5) is 26.3. The van der Waals surface area contributed by atoms with E-state index in [2.05, 4.69) is 36.4 Å². The minimum atomic E-state index is -0.728. The standard InChI is InChI=1S/C26H24O3S4/c1-4-29-25(28)26(2,3)33-23-17(15-9-5-7-11-20(15)31-23)13-19(27)18-14-30-24-22(18)16-10-6-8-12-21(16)32-24/h5-12,18H,4,13-14H2,1-3H3. The molecule has 0 aliphatic carbocycles. The van der Waals surface area contributed by atoms with Crippen molar-refractivity contribution in [3.05, 3.63) is 59.7 Å². The number of Topliss-reactive ketones (excluding diaryl/α,β-unsaturated/α-hetero) is 1. The maximum absolute atomic E-state index is 13.7. The summed E-state index contributed by atoms with van der Waals surface area (Å²) < 4.78 is 9.28. The van der Waals surface area contributed by atoms with Crippen LogP contribution in [-0.2, 0) is 20.7 Å². The van der Waals surface area contributed by atoms with Crippen LogP contribution >= 0.6 is 46.2 Å². The molecule has 1 atom stereocenters. The molecule has 2 aromatic carbocycles. The van der Waals surface area contributed by atoms with Crippen LogP contribution in [0.3, 0.4) is 0 Å². The monoisotopic (exact) mass is 512 g/mol. The van der Waals surface area contributed by atoms with Crippen LogP contribution in [0.5, 0.6) is 0 Å². The van der Waals surface area contributed by atoms with Crippen molar-refractivity contribution in [2.45, 2.75) is 46.3 Å². The summed E-state index contributed by atoms with van der Waals surface area (Å²) in [5.74, 6) is 0.746. The number of esters is 1. The highest BCUT2D eigenvalue weighted by Crippen LogP contribution is 2.50. The highest BCUT2D eigenvalue weighted by Gasteiger charge is 2.36. The van der Waals surface area contributed by atoms with Crippen molar-refractivity contribution in [1.29, 1.82) is 0 Å². The summed E-state index contributed by atoms with van der Waals surface area (Å²) in [5, 5.41) is 2.33. The lowest BCUT2D eigenvalue weighted by atomic mass is 9.92. The van der Waals surface area contributed by atoms with Gasteiger partial charge < -0.3 is 4.74 Å². The molecule has 1 aliphatic rings. The van der Waals surface area contributed by atoms with Gasteiger partial charge in [-0.25, -0.2) is 0 Å². The molecule has 33 heavy (non-hydrogen) atoms. The summed E-state index contributed by atoms with van der Waals surface area (Å²) in [6.07, 6.45) is 0.375. The molecule has 1 unspecified atom stereocenters. The van der Waals surface area contributed by atoms with Crippen molar-refractivity contribution in [1.82, 2.24) is 0 Å². The Bertz CT molecular complexity index is 1360. The molecule has 0 bridgehead atoms. The van der Waals surface area contributed by atoms with Crippen LogP contribution in [0.4, 0.5) is 0 Å². The van der Waals surface area contributed by atoms with Crippen molar-refractivity contribution >= 4 is 78.1 Å². The zero-order chi connectivity index (χ0) is 23.2. The lowest BCUT2D eigenvalue weighted by Crippen LogP contribution is -2.30. The van der Waals surface area contributed by atoms with Crippen LogP contribution in [0, 0.1) is 0 Å². The SMILES string of the molecule is CCOC(=O)C(C)(C)Sc1sc2ccccc2c1CC(=O)C1CSc2sc3ccccc3c21. The van der Waals surface area contributed by atoms with Crippen molar-refractivity contribution in [2.75, 3.05) is 12.4 Å². The molecule has 3 heterocycles. The number of ether oxygens (including phenoxy) is 1. The van der Waals surface area contributed by atoms with Gasteiger partial charge in [-0.1, -0.05) is 48.2 Å². The Labute approximate surface area is 209 Å². The van der Waals surface area contributed by atoms with Gasteiger partial charge in [0.15, 0.2) is 0 Å². The molecular formula is C26H24O3S4. The van der Waals surface area contributed by atoms with E-state index in [1.807, 2.05) is 32.9 Å². The van der Waals surface area contributed by atoms with Gasteiger partial charge in [0.1, 0.15) is 10.5 Å². The zero-order valence-electron chi connectivity index (χ0n) is 18.7. The number of ketones is 1. The molecule has 1 aliphatic heterocycles. The third-order valence-corrected chi connectivity index (χ3v) is 11.0. The predicted octanol–water partition coefficient (Wildman–Crippen LogP) is 7.55. The average molecular weight is 513 g/mol. The quantitative estimate of drug-likeness (QED) is 0.189. The first-order chi connectivity index (χ1) is 15.9. The maximum atomic E-state index is 13.7. The van der Waals surface area contributed by atoms with Crippen LogP contribution in [0.2, 0.25) is 0 Å². The third-order valence-electron chi connectivity index (χ3n) is 5.85. The van der Waals surface area contributed by atoms with Crippen LogP contribution in [0.15, 0.2) is 56.9 Å². The van der Waals surface area contributed by atoms with Gasteiger partial charge in [-0.2, -0.15) is 0 Å². The van der Waals surface area contributed by atoms with Crippen LogP contribution < -0.4 is 0 Å². The molecule has 0 N–H and O–H groups in total. The van der Waals surface area contributed by atoms with Crippen molar-refractivity contribution < 1.29 is 14.3 Å². The Morgan fingerprint density at radius 2 is 1.70 bits per heavy atom. The van der Waals surface area contributed by atoms with Gasteiger partial charge in [-0.15, -0.1) is 34.4 Å². The van der Waals surface area contributed by atoms with Gasteiger partial charge >= 0.3 is 5.97 Å². The number of hydrogen-bond donors (Lipinski definition) is 0. The van der Waals surface area contributed by atoms with E-state index in [4.69, 9.17) is 4.74 Å². The first-order valence-electron chi connectivity index (χ1n) is 10.9. The topological polar surface area (TPSA) is 43.4 Å². The summed E-state index contributed by atoms with van der Waals surface area (Å²) in [7, 11) is 0. The lowest BCUT2D eigenvalue weighted by Gasteiger charge is -2.21. The Kier molecular flexibility index (Phi) is 6.33. The van der Waals surface area contributed by atoms with E-state index in [1.54, 1.807) is 34.4 Å². The Hall–Kier alpha value is -1.80. The second kappa shape index (κ2) is 9.10. The molecule has 0 saturated carbocycles. The van der Waals surface area contributed by atoms with Crippen molar-refractivity contribution in [2.24, 2.45) is 0 Å².